The monoisotopic (exact) mass is 417 g/mol. The molecule has 0 aliphatic heterocycles. The number of ether oxygens (including phenoxy) is 2. The van der Waals surface area contributed by atoms with Crippen LogP contribution in [-0.2, 0) is 13.0 Å². The van der Waals surface area contributed by atoms with E-state index >= 15 is 0 Å². The van der Waals surface area contributed by atoms with E-state index in [1.165, 1.54) is 18.2 Å². The van der Waals surface area contributed by atoms with Gasteiger partial charge in [0.15, 0.2) is 5.76 Å². The van der Waals surface area contributed by atoms with Crippen molar-refractivity contribution in [2.45, 2.75) is 19.4 Å². The zero-order chi connectivity index (χ0) is 21.6. The van der Waals surface area contributed by atoms with E-state index in [1.54, 1.807) is 12.1 Å². The number of carbonyl (C=O) groups excluding carboxylic acids is 1. The Labute approximate surface area is 170 Å². The van der Waals surface area contributed by atoms with E-state index in [9.17, 15) is 18.0 Å². The SMILES string of the molecule is C=CCc1ccccc1OCc1ccc(C(=O)Nc2ccc(OC(F)(F)F)cc2)o1. The van der Waals surface area contributed by atoms with Crippen molar-refractivity contribution >= 4 is 11.6 Å². The maximum absolute atomic E-state index is 12.3. The van der Waals surface area contributed by atoms with Crippen LogP contribution in [0.4, 0.5) is 18.9 Å². The lowest BCUT2D eigenvalue weighted by molar-refractivity contribution is -0.274. The Balaban J connectivity index is 1.58. The van der Waals surface area contributed by atoms with E-state index in [1.807, 2.05) is 24.3 Å². The maximum Gasteiger partial charge on any atom is 0.573 e. The predicted molar refractivity (Wildman–Crippen MR) is 104 cm³/mol. The first-order valence-electron chi connectivity index (χ1n) is 8.91. The zero-order valence-electron chi connectivity index (χ0n) is 15.7. The van der Waals surface area contributed by atoms with E-state index in [0.29, 0.717) is 23.6 Å². The van der Waals surface area contributed by atoms with Gasteiger partial charge in [0.2, 0.25) is 0 Å². The molecule has 0 spiro atoms. The van der Waals surface area contributed by atoms with Crippen LogP contribution in [0.2, 0.25) is 0 Å². The molecule has 2 aromatic carbocycles. The molecule has 0 aliphatic carbocycles. The Morgan fingerprint density at radius 1 is 1.07 bits per heavy atom. The molecule has 0 atom stereocenters. The largest absolute Gasteiger partial charge is 0.573 e. The second-order valence-electron chi connectivity index (χ2n) is 6.18. The third-order valence-electron chi connectivity index (χ3n) is 3.94. The highest BCUT2D eigenvalue weighted by Crippen LogP contribution is 2.24. The van der Waals surface area contributed by atoms with Crippen LogP contribution in [0.15, 0.2) is 77.7 Å². The fraction of sp³-hybridized carbons (Fsp3) is 0.136. The number of rotatable bonds is 8. The molecule has 3 aromatic rings. The summed E-state index contributed by atoms with van der Waals surface area (Å²) in [6.45, 7) is 3.85. The lowest BCUT2D eigenvalue weighted by Gasteiger charge is -2.09. The van der Waals surface area contributed by atoms with Crippen molar-refractivity contribution in [2.24, 2.45) is 0 Å². The fourth-order valence-corrected chi connectivity index (χ4v) is 2.63. The molecule has 1 amide bonds. The summed E-state index contributed by atoms with van der Waals surface area (Å²) in [5.74, 6) is 0.263. The minimum atomic E-state index is -4.77. The molecule has 1 aromatic heterocycles. The second kappa shape index (κ2) is 9.21. The van der Waals surface area contributed by atoms with Crippen molar-refractivity contribution in [3.63, 3.8) is 0 Å². The van der Waals surface area contributed by atoms with Gasteiger partial charge in [-0.1, -0.05) is 24.3 Å². The summed E-state index contributed by atoms with van der Waals surface area (Å²) in [6.07, 6.45) is -2.34. The number of anilines is 1. The third kappa shape index (κ3) is 5.91. The molecule has 3 rings (SSSR count). The summed E-state index contributed by atoms with van der Waals surface area (Å²) < 4.78 is 51.6. The summed E-state index contributed by atoms with van der Waals surface area (Å²) in [6, 6.07) is 15.4. The van der Waals surface area contributed by atoms with Crippen molar-refractivity contribution in [3.05, 3.63) is 90.4 Å². The topological polar surface area (TPSA) is 60.7 Å². The van der Waals surface area contributed by atoms with E-state index in [2.05, 4.69) is 16.6 Å². The number of hydrogen-bond donors (Lipinski definition) is 1. The Morgan fingerprint density at radius 3 is 2.50 bits per heavy atom. The van der Waals surface area contributed by atoms with Crippen LogP contribution in [0.1, 0.15) is 21.9 Å². The number of furan rings is 1. The summed E-state index contributed by atoms with van der Waals surface area (Å²) >= 11 is 0. The number of allylic oxidation sites excluding steroid dienone is 1. The highest BCUT2D eigenvalue weighted by molar-refractivity contribution is 6.02. The molecular weight excluding hydrogens is 399 g/mol. The van der Waals surface area contributed by atoms with Gasteiger partial charge >= 0.3 is 6.36 Å². The molecule has 0 radical (unpaired) electrons. The van der Waals surface area contributed by atoms with Crippen LogP contribution < -0.4 is 14.8 Å². The van der Waals surface area contributed by atoms with Gasteiger partial charge in [0.05, 0.1) is 0 Å². The van der Waals surface area contributed by atoms with Crippen molar-refractivity contribution in [1.82, 2.24) is 0 Å². The predicted octanol–water partition coefficient (Wildman–Crippen LogP) is 5.74. The Kier molecular flexibility index (Phi) is 6.46. The van der Waals surface area contributed by atoms with Crippen molar-refractivity contribution in [1.29, 1.82) is 0 Å². The molecule has 0 unspecified atom stereocenters. The van der Waals surface area contributed by atoms with Gasteiger partial charge in [-0.05, 0) is 54.4 Å². The standard InChI is InChI=1S/C22H18F3NO4/c1-2-5-15-6-3-4-7-19(15)28-14-18-12-13-20(29-18)21(27)26-16-8-10-17(11-9-16)30-22(23,24)25/h2-4,6-13H,1,5,14H2,(H,26,27). The molecule has 1 heterocycles. The van der Waals surface area contributed by atoms with Gasteiger partial charge in [0, 0.05) is 5.69 Å². The smallest absolute Gasteiger partial charge is 0.485 e. The summed E-state index contributed by atoms with van der Waals surface area (Å²) in [5.41, 5.74) is 1.28. The average molecular weight is 417 g/mol. The number of hydrogen-bond acceptors (Lipinski definition) is 4. The molecule has 0 saturated heterocycles. The van der Waals surface area contributed by atoms with E-state index in [0.717, 1.165) is 17.7 Å². The molecular formula is C22H18F3NO4. The van der Waals surface area contributed by atoms with Crippen LogP contribution in [-0.4, -0.2) is 12.3 Å². The van der Waals surface area contributed by atoms with Crippen molar-refractivity contribution in [3.8, 4) is 11.5 Å². The van der Waals surface area contributed by atoms with Gasteiger partial charge in [-0.3, -0.25) is 4.79 Å². The lowest BCUT2D eigenvalue weighted by atomic mass is 10.1. The van der Waals surface area contributed by atoms with E-state index < -0.39 is 12.3 Å². The summed E-state index contributed by atoms with van der Waals surface area (Å²) in [4.78, 5) is 12.3. The van der Waals surface area contributed by atoms with Crippen LogP contribution in [0.5, 0.6) is 11.5 Å². The first-order valence-corrected chi connectivity index (χ1v) is 8.91. The van der Waals surface area contributed by atoms with Crippen LogP contribution in [0.25, 0.3) is 0 Å². The minimum Gasteiger partial charge on any atom is -0.485 e. The highest BCUT2D eigenvalue weighted by Gasteiger charge is 2.31. The fourth-order valence-electron chi connectivity index (χ4n) is 2.63. The molecule has 0 bridgehead atoms. The molecule has 156 valence electrons. The van der Waals surface area contributed by atoms with Crippen molar-refractivity contribution in [2.75, 3.05) is 5.32 Å². The molecule has 30 heavy (non-hydrogen) atoms. The molecule has 0 fully saturated rings. The van der Waals surface area contributed by atoms with Gasteiger partial charge in [0.25, 0.3) is 5.91 Å². The Morgan fingerprint density at radius 2 is 1.80 bits per heavy atom. The van der Waals surface area contributed by atoms with Crippen molar-refractivity contribution < 1.29 is 31.9 Å². The zero-order valence-corrected chi connectivity index (χ0v) is 15.7. The number of benzene rings is 2. The highest BCUT2D eigenvalue weighted by atomic mass is 19.4. The average Bonchev–Trinajstić information content (AvgIpc) is 3.17. The second-order valence-corrected chi connectivity index (χ2v) is 6.18. The number of alkyl halides is 3. The first kappa shape index (κ1) is 21.0. The number of amides is 1. The molecule has 5 nitrogen and oxygen atoms in total. The molecule has 1 N–H and O–H groups in total. The van der Waals surface area contributed by atoms with E-state index in [4.69, 9.17) is 9.15 Å². The summed E-state index contributed by atoms with van der Waals surface area (Å²) in [7, 11) is 0. The van der Waals surface area contributed by atoms with Crippen LogP contribution in [0, 0.1) is 0 Å². The van der Waals surface area contributed by atoms with Gasteiger partial charge in [-0.15, -0.1) is 19.8 Å². The first-order chi connectivity index (χ1) is 14.3. The van der Waals surface area contributed by atoms with E-state index in [-0.39, 0.29) is 18.1 Å². The summed E-state index contributed by atoms with van der Waals surface area (Å²) in [5, 5.41) is 2.54. The lowest BCUT2D eigenvalue weighted by Crippen LogP contribution is -2.17. The molecule has 0 saturated carbocycles. The number of para-hydroxylation sites is 1. The molecule has 0 aliphatic rings. The molecule has 8 heteroatoms. The quantitative estimate of drug-likeness (QED) is 0.475. The van der Waals surface area contributed by atoms with Gasteiger partial charge in [-0.25, -0.2) is 0 Å². The third-order valence-corrected chi connectivity index (χ3v) is 3.94. The van der Waals surface area contributed by atoms with Gasteiger partial charge < -0.3 is 19.2 Å². The van der Waals surface area contributed by atoms with Crippen LogP contribution in [0.3, 0.4) is 0 Å². The van der Waals surface area contributed by atoms with Crippen LogP contribution >= 0.6 is 0 Å². The van der Waals surface area contributed by atoms with Gasteiger partial charge in [0.1, 0.15) is 23.9 Å². The number of halogens is 3. The number of nitrogens with one attached hydrogen (secondary N) is 1. The number of carbonyl (C=O) groups is 1. The Bertz CT molecular complexity index is 1010. The minimum absolute atomic E-state index is 0.0450. The normalized spacial score (nSPS) is 11.0. The van der Waals surface area contributed by atoms with Gasteiger partial charge in [-0.2, -0.15) is 0 Å². The maximum atomic E-state index is 12.3. The Hall–Kier alpha value is -3.68.